The monoisotopic (exact) mass is 427 g/mol. The highest BCUT2D eigenvalue weighted by molar-refractivity contribution is 5.24. The summed E-state index contributed by atoms with van der Waals surface area (Å²) in [6.07, 6.45) is 5.69. The quantitative estimate of drug-likeness (QED) is 0.422. The molecule has 30 heavy (non-hydrogen) atoms. The van der Waals surface area contributed by atoms with Gasteiger partial charge >= 0.3 is 0 Å². The second kappa shape index (κ2) is 7.94. The number of ether oxygens (including phenoxy) is 1. The Hall–Kier alpha value is -0.280. The molecular formula is C23H41NO6. The van der Waals surface area contributed by atoms with Crippen molar-refractivity contribution in [2.45, 2.75) is 119 Å². The highest BCUT2D eigenvalue weighted by Crippen LogP contribution is 2.56. The number of aliphatic hydroxyl groups excluding tert-OH is 2. The van der Waals surface area contributed by atoms with Gasteiger partial charge in [0.25, 0.3) is 0 Å². The number of nitrogens with zero attached hydrogens (tertiary/aromatic N) is 1. The first kappa shape index (κ1) is 22.9. The van der Waals surface area contributed by atoms with E-state index in [0.717, 1.165) is 25.7 Å². The molecule has 4 aliphatic rings. The SMILES string of the molecule is CC1(O)C2C(O)C[C@](C)(O)CCN3[C@H]2C([C@@](C)(O)COC2CCCCCC2)C(O)[C@@H]31. The Labute approximate surface area is 180 Å². The molecular weight excluding hydrogens is 386 g/mol. The molecule has 3 heterocycles. The van der Waals surface area contributed by atoms with Crippen molar-refractivity contribution in [1.29, 1.82) is 0 Å². The first-order valence-corrected chi connectivity index (χ1v) is 11.9. The molecule has 10 atom stereocenters. The maximum absolute atomic E-state index is 11.5. The van der Waals surface area contributed by atoms with E-state index in [9.17, 15) is 25.5 Å². The lowest BCUT2D eigenvalue weighted by Crippen LogP contribution is -2.63. The van der Waals surface area contributed by atoms with Crippen LogP contribution in [-0.2, 0) is 4.74 Å². The van der Waals surface area contributed by atoms with Gasteiger partial charge in [-0.2, -0.15) is 0 Å². The summed E-state index contributed by atoms with van der Waals surface area (Å²) in [4.78, 5) is 2.02. The second-order valence-electron chi connectivity index (χ2n) is 11.2. The summed E-state index contributed by atoms with van der Waals surface area (Å²) in [5, 5.41) is 55.6. The average Bonchev–Trinajstić information content (AvgIpc) is 2.89. The van der Waals surface area contributed by atoms with Crippen LogP contribution >= 0.6 is 0 Å². The van der Waals surface area contributed by atoms with Crippen LogP contribution in [-0.4, -0.2) is 90.8 Å². The van der Waals surface area contributed by atoms with Crippen LogP contribution in [0.25, 0.3) is 0 Å². The zero-order valence-electron chi connectivity index (χ0n) is 18.7. The van der Waals surface area contributed by atoms with E-state index in [-0.39, 0.29) is 25.2 Å². The van der Waals surface area contributed by atoms with Crippen molar-refractivity contribution in [1.82, 2.24) is 4.90 Å². The van der Waals surface area contributed by atoms with Gasteiger partial charge in [-0.1, -0.05) is 25.7 Å². The molecule has 0 spiro atoms. The van der Waals surface area contributed by atoms with Crippen LogP contribution in [0.5, 0.6) is 0 Å². The van der Waals surface area contributed by atoms with Gasteiger partial charge in [-0.3, -0.25) is 4.90 Å². The third-order valence-corrected chi connectivity index (χ3v) is 8.54. The van der Waals surface area contributed by atoms with Crippen LogP contribution < -0.4 is 0 Å². The van der Waals surface area contributed by atoms with Crippen molar-refractivity contribution < 1.29 is 30.3 Å². The summed E-state index contributed by atoms with van der Waals surface area (Å²) in [5.41, 5.74) is -3.60. The maximum atomic E-state index is 11.5. The van der Waals surface area contributed by atoms with Gasteiger partial charge in [-0.05, 0) is 40.0 Å². The summed E-state index contributed by atoms with van der Waals surface area (Å²) in [5.74, 6) is -1.08. The lowest BCUT2D eigenvalue weighted by atomic mass is 9.63. The fourth-order valence-corrected chi connectivity index (χ4v) is 7.12. The van der Waals surface area contributed by atoms with Gasteiger partial charge in [0.05, 0.1) is 47.8 Å². The first-order valence-electron chi connectivity index (χ1n) is 11.9. The van der Waals surface area contributed by atoms with E-state index in [2.05, 4.69) is 0 Å². The van der Waals surface area contributed by atoms with Crippen molar-refractivity contribution >= 4 is 0 Å². The van der Waals surface area contributed by atoms with E-state index in [1.54, 1.807) is 20.8 Å². The van der Waals surface area contributed by atoms with Crippen molar-refractivity contribution in [3.8, 4) is 0 Å². The molecule has 5 N–H and O–H groups in total. The van der Waals surface area contributed by atoms with Crippen molar-refractivity contribution in [2.24, 2.45) is 11.8 Å². The Morgan fingerprint density at radius 3 is 2.33 bits per heavy atom. The summed E-state index contributed by atoms with van der Waals surface area (Å²) in [6, 6.07) is -0.941. The van der Waals surface area contributed by atoms with E-state index in [4.69, 9.17) is 4.74 Å². The fourth-order valence-electron chi connectivity index (χ4n) is 7.12. The number of hydrogen-bond donors (Lipinski definition) is 5. The van der Waals surface area contributed by atoms with Gasteiger partial charge in [0.2, 0.25) is 0 Å². The minimum absolute atomic E-state index is 0.138. The van der Waals surface area contributed by atoms with Crippen molar-refractivity contribution in [2.75, 3.05) is 13.2 Å². The van der Waals surface area contributed by atoms with E-state index in [1.165, 1.54) is 12.8 Å². The highest BCUT2D eigenvalue weighted by atomic mass is 16.5. The van der Waals surface area contributed by atoms with Crippen LogP contribution in [0.1, 0.15) is 72.1 Å². The van der Waals surface area contributed by atoms with Crippen LogP contribution in [0.15, 0.2) is 0 Å². The zero-order chi connectivity index (χ0) is 21.9. The number of rotatable bonds is 4. The summed E-state index contributed by atoms with van der Waals surface area (Å²) in [7, 11) is 0. The lowest BCUT2D eigenvalue weighted by Gasteiger charge is -2.48. The summed E-state index contributed by atoms with van der Waals surface area (Å²) >= 11 is 0. The Bertz CT molecular complexity index is 615. The van der Waals surface area contributed by atoms with Gasteiger partial charge in [0.15, 0.2) is 0 Å². The molecule has 1 aliphatic carbocycles. The summed E-state index contributed by atoms with van der Waals surface area (Å²) < 4.78 is 6.14. The van der Waals surface area contributed by atoms with Crippen LogP contribution in [0, 0.1) is 11.8 Å². The molecule has 4 fully saturated rings. The van der Waals surface area contributed by atoms with E-state index in [0.29, 0.717) is 13.0 Å². The van der Waals surface area contributed by atoms with Gasteiger partial charge in [-0.15, -0.1) is 0 Å². The third kappa shape index (κ3) is 3.85. The fraction of sp³-hybridized carbons (Fsp3) is 1.00. The van der Waals surface area contributed by atoms with Crippen molar-refractivity contribution in [3.63, 3.8) is 0 Å². The Morgan fingerprint density at radius 2 is 1.70 bits per heavy atom. The minimum atomic E-state index is -1.29. The molecule has 7 nitrogen and oxygen atoms in total. The third-order valence-electron chi connectivity index (χ3n) is 8.54. The van der Waals surface area contributed by atoms with Gasteiger partial charge in [0.1, 0.15) is 0 Å². The number of hydrogen-bond acceptors (Lipinski definition) is 7. The normalized spacial score (nSPS) is 51.8. The second-order valence-corrected chi connectivity index (χ2v) is 11.2. The molecule has 0 radical (unpaired) electrons. The van der Waals surface area contributed by atoms with Crippen LogP contribution in [0.2, 0.25) is 0 Å². The van der Waals surface area contributed by atoms with E-state index >= 15 is 0 Å². The first-order chi connectivity index (χ1) is 14.0. The molecule has 0 aromatic heterocycles. The van der Waals surface area contributed by atoms with E-state index < -0.39 is 46.9 Å². The minimum Gasteiger partial charge on any atom is -0.393 e. The van der Waals surface area contributed by atoms with Gasteiger partial charge < -0.3 is 30.3 Å². The zero-order valence-corrected chi connectivity index (χ0v) is 18.7. The molecule has 7 heteroatoms. The smallest absolute Gasteiger partial charge is 0.0920 e. The maximum Gasteiger partial charge on any atom is 0.0920 e. The molecule has 3 aliphatic heterocycles. The largest absolute Gasteiger partial charge is 0.393 e. The molecule has 4 rings (SSSR count). The van der Waals surface area contributed by atoms with Gasteiger partial charge in [0, 0.05) is 30.8 Å². The molecule has 3 saturated heterocycles. The average molecular weight is 428 g/mol. The molecule has 4 bridgehead atoms. The standard InChI is InChI=1S/C23H41NO6/c1-21(27)10-11-24-18-16(15(25)12-21)23(3,29)20(24)19(26)17(18)22(2,28)13-30-14-8-6-4-5-7-9-14/h14-20,25-29H,4-13H2,1-3H3/t15?,16?,17?,18-,19?,20-,21-,22+,23?/m1/s1. The lowest BCUT2D eigenvalue weighted by molar-refractivity contribution is -0.173. The van der Waals surface area contributed by atoms with Crippen LogP contribution in [0.3, 0.4) is 0 Å². The highest BCUT2D eigenvalue weighted by Gasteiger charge is 2.72. The van der Waals surface area contributed by atoms with Gasteiger partial charge in [-0.25, -0.2) is 0 Å². The Balaban J connectivity index is 1.56. The molecule has 0 aromatic rings. The molecule has 174 valence electrons. The molecule has 0 amide bonds. The Kier molecular flexibility index (Phi) is 6.06. The molecule has 1 saturated carbocycles. The van der Waals surface area contributed by atoms with Crippen molar-refractivity contribution in [3.05, 3.63) is 0 Å². The summed E-state index contributed by atoms with van der Waals surface area (Å²) in [6.45, 7) is 5.75. The van der Waals surface area contributed by atoms with Crippen LogP contribution in [0.4, 0.5) is 0 Å². The number of aliphatic hydroxyl groups is 5. The predicted molar refractivity (Wildman–Crippen MR) is 112 cm³/mol. The Morgan fingerprint density at radius 1 is 1.07 bits per heavy atom. The van der Waals surface area contributed by atoms with E-state index in [1.807, 2.05) is 4.90 Å². The topological polar surface area (TPSA) is 114 Å². The molecule has 0 aromatic carbocycles. The predicted octanol–water partition coefficient (Wildman–Crippen LogP) is 0.793. The molecule has 6 unspecified atom stereocenters.